The molecule has 2 aromatic carbocycles. The van der Waals surface area contributed by atoms with Crippen molar-refractivity contribution in [3.63, 3.8) is 0 Å². The maximum Gasteiger partial charge on any atom is 0.0651 e. The second-order valence-electron chi connectivity index (χ2n) is 20.1. The Morgan fingerprint density at radius 2 is 0.821 bits per heavy atom. The number of nitrogens with zero attached hydrogens (tertiary/aromatic N) is 2. The zero-order valence-corrected chi connectivity index (χ0v) is 41.1. The summed E-state index contributed by atoms with van der Waals surface area (Å²) in [5, 5.41) is 0. The predicted octanol–water partition coefficient (Wildman–Crippen LogP) is 17.5. The smallest absolute Gasteiger partial charge is 0.0651 e. The molecule has 2 saturated carbocycles. The van der Waals surface area contributed by atoms with E-state index >= 15 is 0 Å². The molecule has 56 heavy (non-hydrogen) atoms. The molecule has 2 nitrogen and oxygen atoms in total. The molecule has 4 unspecified atom stereocenters. The number of para-hydroxylation sites is 2. The van der Waals surface area contributed by atoms with Crippen LogP contribution in [0.25, 0.3) is 0 Å². The van der Waals surface area contributed by atoms with E-state index in [9.17, 15) is 0 Å². The second kappa shape index (κ2) is 18.0. The quantitative estimate of drug-likeness (QED) is 0.220. The van der Waals surface area contributed by atoms with Gasteiger partial charge in [-0.1, -0.05) is 158 Å². The van der Waals surface area contributed by atoms with Gasteiger partial charge in [0.15, 0.2) is 0 Å². The van der Waals surface area contributed by atoms with Gasteiger partial charge >= 0.3 is 0 Å². The molecule has 2 aliphatic carbocycles. The van der Waals surface area contributed by atoms with Crippen molar-refractivity contribution in [2.45, 2.75) is 159 Å². The highest BCUT2D eigenvalue weighted by Crippen LogP contribution is 2.60. The topological polar surface area (TPSA) is 6.48 Å². The Labute approximate surface area is 350 Å². The molecular formula is C50H74N2P4. The van der Waals surface area contributed by atoms with Gasteiger partial charge in [0.25, 0.3) is 0 Å². The van der Waals surface area contributed by atoms with Crippen molar-refractivity contribution in [1.82, 2.24) is 0 Å². The highest BCUT2D eigenvalue weighted by molar-refractivity contribution is 8.40. The monoisotopic (exact) mass is 826 g/mol. The van der Waals surface area contributed by atoms with Crippen LogP contribution in [0.5, 0.6) is 0 Å². The summed E-state index contributed by atoms with van der Waals surface area (Å²) < 4.78 is 0. The molecule has 2 fully saturated rings. The minimum Gasteiger partial charge on any atom is -0.315 e. The third-order valence-electron chi connectivity index (χ3n) is 14.1. The number of anilines is 2. The summed E-state index contributed by atoms with van der Waals surface area (Å²) in [7, 11) is 5.94. The highest BCUT2D eigenvalue weighted by atomic mass is 32.4. The predicted molar refractivity (Wildman–Crippen MR) is 258 cm³/mol. The maximum absolute atomic E-state index is 2.74. The molecule has 0 bridgehead atoms. The molecular weight excluding hydrogens is 752 g/mol. The van der Waals surface area contributed by atoms with E-state index in [1.165, 1.54) is 103 Å². The van der Waals surface area contributed by atoms with Gasteiger partial charge in [0, 0.05) is 23.2 Å². The fraction of sp³-hybridized carbons (Fsp3) is 0.640. The van der Waals surface area contributed by atoms with E-state index < -0.39 is 0 Å². The van der Waals surface area contributed by atoms with Gasteiger partial charge in [-0.25, -0.2) is 0 Å². The largest absolute Gasteiger partial charge is 0.315 e. The first-order chi connectivity index (χ1) is 26.5. The Balaban J connectivity index is 1.55. The fourth-order valence-electron chi connectivity index (χ4n) is 11.4. The Hall–Kier alpha value is -1.54. The molecule has 0 amide bonds. The molecule has 304 valence electrons. The third-order valence-corrected chi connectivity index (χ3v) is 22.4. The van der Waals surface area contributed by atoms with Crippen LogP contribution in [0.15, 0.2) is 61.0 Å². The summed E-state index contributed by atoms with van der Waals surface area (Å²) in [6.45, 7) is 34.1. The summed E-state index contributed by atoms with van der Waals surface area (Å²) in [5.41, 5.74) is 12.4. The molecule has 2 heterocycles. The third kappa shape index (κ3) is 8.29. The lowest BCUT2D eigenvalue weighted by Gasteiger charge is -2.47. The first-order valence-corrected chi connectivity index (χ1v) is 28.0. The molecule has 6 rings (SSSR count). The summed E-state index contributed by atoms with van der Waals surface area (Å²) >= 11 is 0. The lowest BCUT2D eigenvalue weighted by Crippen LogP contribution is -2.45. The maximum atomic E-state index is 2.74. The van der Waals surface area contributed by atoms with Crippen LogP contribution >= 0.6 is 30.9 Å². The van der Waals surface area contributed by atoms with Crippen molar-refractivity contribution in [2.75, 3.05) is 9.80 Å². The fourth-order valence-corrected chi connectivity index (χ4v) is 20.0. The molecule has 0 radical (unpaired) electrons. The van der Waals surface area contributed by atoms with E-state index in [0.717, 1.165) is 11.8 Å². The van der Waals surface area contributed by atoms with E-state index in [-0.39, 0.29) is 10.8 Å². The lowest BCUT2D eigenvalue weighted by atomic mass is 9.60. The zero-order valence-electron chi connectivity index (χ0n) is 37.5. The van der Waals surface area contributed by atoms with Gasteiger partial charge in [-0.15, -0.1) is 0 Å². The second-order valence-corrected chi connectivity index (χ2v) is 27.2. The van der Waals surface area contributed by atoms with Gasteiger partial charge in [-0.3, -0.25) is 0 Å². The summed E-state index contributed by atoms with van der Waals surface area (Å²) in [5.74, 6) is 6.00. The first kappa shape index (κ1) is 44.0. The van der Waals surface area contributed by atoms with Crippen molar-refractivity contribution < 1.29 is 0 Å². The zero-order chi connectivity index (χ0) is 40.7. The van der Waals surface area contributed by atoms with Crippen LogP contribution in [0.3, 0.4) is 0 Å². The van der Waals surface area contributed by atoms with E-state index in [1.807, 2.05) is 0 Å². The first-order valence-electron chi connectivity index (χ1n) is 22.3. The van der Waals surface area contributed by atoms with Crippen LogP contribution in [-0.2, 0) is 0 Å². The van der Waals surface area contributed by atoms with Crippen LogP contribution in [0.1, 0.15) is 181 Å². The average molecular weight is 827 g/mol. The minimum atomic E-state index is 0.115. The van der Waals surface area contributed by atoms with E-state index in [2.05, 4.69) is 168 Å². The van der Waals surface area contributed by atoms with Crippen LogP contribution in [0.4, 0.5) is 11.4 Å². The van der Waals surface area contributed by atoms with Crippen molar-refractivity contribution in [2.24, 2.45) is 46.3 Å². The minimum absolute atomic E-state index is 0.115. The standard InChI is InChI=1S/C50H74N2P4/c1-31(2)39-17-15-18-40(32(3)4)45(39)51-27-25-49(29-37(13)21-23-43(49)35(9)10)47(51)53-55-56-54-48-50(30-38(14)22-24-44(50)36(11)12)26-28-52(48)46-41(33(5)6)19-16-20-42(46)34(7)8/h15-20,25-28,31-38,43-44H,21-24,29-30H2,1-14H3/t37-,38-,43?,44?,49?,50?/m1/s1. The number of benzene rings is 2. The Morgan fingerprint density at radius 3 is 1.11 bits per heavy atom. The van der Waals surface area contributed by atoms with Crippen molar-refractivity contribution in [3.8, 4) is 0 Å². The van der Waals surface area contributed by atoms with Gasteiger partial charge < -0.3 is 9.80 Å². The molecule has 6 heteroatoms. The SMILES string of the molecule is CC(C)c1cccc(C(C)C)c1N1C=CC2(C[C@H](C)CCC2C(C)C)C1=PP=PP=C1N(c2c(C(C)C)cccc2C(C)C)C=CC12C[C@H](C)CCC2C(C)C. The normalized spacial score (nSPS) is 29.7. The van der Waals surface area contributed by atoms with Gasteiger partial charge in [0.1, 0.15) is 0 Å². The molecule has 2 aliphatic heterocycles. The molecule has 2 spiro atoms. The van der Waals surface area contributed by atoms with Crippen molar-refractivity contribution in [1.29, 1.82) is 0 Å². The van der Waals surface area contributed by atoms with Gasteiger partial charge in [0.2, 0.25) is 0 Å². The average Bonchev–Trinajstić information content (AvgIpc) is 3.65. The Bertz CT molecular complexity index is 1680. The van der Waals surface area contributed by atoms with E-state index in [1.54, 1.807) is 10.8 Å². The molecule has 0 saturated heterocycles. The van der Waals surface area contributed by atoms with Crippen molar-refractivity contribution in [3.05, 3.63) is 83.2 Å². The van der Waals surface area contributed by atoms with Gasteiger partial charge in [0.05, 0.1) is 22.2 Å². The number of rotatable bonds is 10. The molecule has 4 aliphatic rings. The number of hydrogen-bond acceptors (Lipinski definition) is 0. The van der Waals surface area contributed by atoms with Crippen LogP contribution < -0.4 is 9.80 Å². The summed E-state index contributed by atoms with van der Waals surface area (Å²) in [6, 6.07) is 14.3. The molecule has 2 aromatic rings. The van der Waals surface area contributed by atoms with Crippen molar-refractivity contribution >= 4 is 53.1 Å². The van der Waals surface area contributed by atoms with Crippen LogP contribution in [-0.4, -0.2) is 10.8 Å². The highest BCUT2D eigenvalue weighted by Gasteiger charge is 2.52. The molecule has 6 atom stereocenters. The summed E-state index contributed by atoms with van der Waals surface area (Å²) in [4.78, 5) is 5.48. The number of hydrogen-bond donors (Lipinski definition) is 0. The molecule has 0 aromatic heterocycles. The lowest BCUT2D eigenvalue weighted by molar-refractivity contribution is 0.137. The Morgan fingerprint density at radius 1 is 0.500 bits per heavy atom. The summed E-state index contributed by atoms with van der Waals surface area (Å²) in [6.07, 6.45) is 18.4. The Kier molecular flexibility index (Phi) is 14.1. The van der Waals surface area contributed by atoms with Gasteiger partial charge in [-0.05, 0) is 138 Å². The van der Waals surface area contributed by atoms with Gasteiger partial charge in [-0.2, -0.15) is 0 Å². The van der Waals surface area contributed by atoms with Crippen LogP contribution in [0.2, 0.25) is 0 Å². The van der Waals surface area contributed by atoms with E-state index in [4.69, 9.17) is 0 Å². The van der Waals surface area contributed by atoms with E-state index in [0.29, 0.717) is 47.3 Å². The molecule has 0 N–H and O–H groups in total. The van der Waals surface area contributed by atoms with Crippen LogP contribution in [0, 0.1) is 46.3 Å².